The third-order valence-corrected chi connectivity index (χ3v) is 2.73. The largest absolute Gasteiger partial charge is 0.394 e. The quantitative estimate of drug-likeness (QED) is 0.820. The lowest BCUT2D eigenvalue weighted by molar-refractivity contribution is 1.06. The van der Waals surface area contributed by atoms with Crippen molar-refractivity contribution in [1.82, 2.24) is 15.0 Å². The highest BCUT2D eigenvalue weighted by atomic mass is 32.1. The minimum Gasteiger partial charge on any atom is -0.394 e. The van der Waals surface area contributed by atoms with Crippen LogP contribution in [-0.4, -0.2) is 15.0 Å². The highest BCUT2D eigenvalue weighted by Gasteiger charge is 2.01. The van der Waals surface area contributed by atoms with Crippen LogP contribution in [0.1, 0.15) is 9.88 Å². The first kappa shape index (κ1) is 9.85. The molecule has 2 aromatic rings. The van der Waals surface area contributed by atoms with Crippen LogP contribution in [0.5, 0.6) is 0 Å². The van der Waals surface area contributed by atoms with Gasteiger partial charge in [-0.25, -0.2) is 15.0 Å². The molecule has 2 rings (SSSR count). The van der Waals surface area contributed by atoms with Crippen LogP contribution in [0.4, 0.5) is 11.5 Å². The number of aryl methyl sites for hydroxylation is 1. The number of nitrogens with one attached hydrogen (secondary N) is 1. The molecule has 2 aromatic heterocycles. The summed E-state index contributed by atoms with van der Waals surface area (Å²) in [6, 6.07) is 0. The number of rotatable bonds is 3. The van der Waals surface area contributed by atoms with E-state index in [4.69, 9.17) is 5.73 Å². The Bertz CT molecular complexity index is 453. The van der Waals surface area contributed by atoms with E-state index in [1.54, 1.807) is 17.5 Å². The van der Waals surface area contributed by atoms with Gasteiger partial charge in [-0.15, -0.1) is 11.3 Å². The van der Waals surface area contributed by atoms with Crippen LogP contribution in [0.2, 0.25) is 0 Å². The van der Waals surface area contributed by atoms with Gasteiger partial charge in [-0.3, -0.25) is 0 Å². The Morgan fingerprint density at radius 3 is 2.93 bits per heavy atom. The molecule has 6 heteroatoms. The Labute approximate surface area is 91.4 Å². The summed E-state index contributed by atoms with van der Waals surface area (Å²) in [5.74, 6) is 0.651. The van der Waals surface area contributed by atoms with Gasteiger partial charge in [0.2, 0.25) is 0 Å². The van der Waals surface area contributed by atoms with Gasteiger partial charge in [0.15, 0.2) is 5.82 Å². The van der Waals surface area contributed by atoms with Crippen molar-refractivity contribution in [1.29, 1.82) is 0 Å². The number of thiazole rings is 1. The molecule has 0 amide bonds. The molecule has 0 spiro atoms. The number of nitrogens with two attached hydrogens (primary N) is 1. The molecule has 0 aliphatic heterocycles. The van der Waals surface area contributed by atoms with E-state index in [1.165, 1.54) is 11.2 Å². The Morgan fingerprint density at radius 1 is 1.40 bits per heavy atom. The summed E-state index contributed by atoms with van der Waals surface area (Å²) in [6.45, 7) is 2.67. The normalized spacial score (nSPS) is 10.2. The third-order valence-electron chi connectivity index (χ3n) is 1.82. The maximum atomic E-state index is 5.69. The van der Waals surface area contributed by atoms with E-state index in [1.807, 2.05) is 13.1 Å². The van der Waals surface area contributed by atoms with E-state index in [-0.39, 0.29) is 0 Å². The molecule has 0 atom stereocenters. The molecule has 0 aromatic carbocycles. The van der Waals surface area contributed by atoms with Gasteiger partial charge in [-0.05, 0) is 6.92 Å². The second-order valence-corrected chi connectivity index (χ2v) is 4.36. The number of nitrogen functional groups attached to an aromatic ring is 1. The van der Waals surface area contributed by atoms with Crippen LogP contribution in [0, 0.1) is 6.92 Å². The van der Waals surface area contributed by atoms with Gasteiger partial charge in [-0.2, -0.15) is 0 Å². The van der Waals surface area contributed by atoms with E-state index in [9.17, 15) is 0 Å². The first-order chi connectivity index (χ1) is 7.25. The molecule has 5 nitrogen and oxygen atoms in total. The van der Waals surface area contributed by atoms with Crippen molar-refractivity contribution in [2.45, 2.75) is 13.5 Å². The second kappa shape index (κ2) is 4.22. The summed E-state index contributed by atoms with van der Waals surface area (Å²) < 4.78 is 0. The van der Waals surface area contributed by atoms with Crippen molar-refractivity contribution in [3.63, 3.8) is 0 Å². The van der Waals surface area contributed by atoms with Crippen molar-refractivity contribution < 1.29 is 0 Å². The molecule has 0 unspecified atom stereocenters. The Morgan fingerprint density at radius 2 is 2.27 bits per heavy atom. The zero-order chi connectivity index (χ0) is 10.7. The van der Waals surface area contributed by atoms with Gasteiger partial charge in [0.25, 0.3) is 0 Å². The molecule has 0 saturated heterocycles. The van der Waals surface area contributed by atoms with E-state index < -0.39 is 0 Å². The lowest BCUT2D eigenvalue weighted by Crippen LogP contribution is -2.04. The number of anilines is 2. The summed E-state index contributed by atoms with van der Waals surface area (Å²) in [4.78, 5) is 13.3. The van der Waals surface area contributed by atoms with Crippen LogP contribution in [0.3, 0.4) is 0 Å². The van der Waals surface area contributed by atoms with Crippen LogP contribution in [0.25, 0.3) is 0 Å². The molecule has 2 heterocycles. The fourth-order valence-corrected chi connectivity index (χ4v) is 1.86. The Kier molecular flexibility index (Phi) is 2.77. The molecular weight excluding hydrogens is 210 g/mol. The van der Waals surface area contributed by atoms with Gasteiger partial charge in [0.05, 0.1) is 18.4 Å². The summed E-state index contributed by atoms with van der Waals surface area (Å²) in [7, 11) is 0. The number of aromatic nitrogens is 3. The third kappa shape index (κ3) is 2.41. The molecular formula is C9H11N5S. The summed E-state index contributed by atoms with van der Waals surface area (Å²) in [6.07, 6.45) is 4.89. The Hall–Kier alpha value is -1.69. The summed E-state index contributed by atoms with van der Waals surface area (Å²) >= 11 is 1.66. The van der Waals surface area contributed by atoms with E-state index in [0.717, 1.165) is 5.01 Å². The number of hydrogen-bond donors (Lipinski definition) is 2. The molecule has 0 bridgehead atoms. The topological polar surface area (TPSA) is 76.7 Å². The second-order valence-electron chi connectivity index (χ2n) is 3.04. The highest BCUT2D eigenvalue weighted by Crippen LogP contribution is 2.15. The van der Waals surface area contributed by atoms with Crippen LogP contribution in [-0.2, 0) is 6.54 Å². The van der Waals surface area contributed by atoms with Crippen molar-refractivity contribution in [3.8, 4) is 0 Å². The SMILES string of the molecule is Cc1cnc(CNc2ncncc2N)s1. The predicted molar refractivity (Wildman–Crippen MR) is 60.6 cm³/mol. The van der Waals surface area contributed by atoms with Crippen molar-refractivity contribution in [2.24, 2.45) is 0 Å². The van der Waals surface area contributed by atoms with Crippen LogP contribution in [0.15, 0.2) is 18.7 Å². The van der Waals surface area contributed by atoms with Crippen molar-refractivity contribution in [2.75, 3.05) is 11.1 Å². The molecule has 0 saturated carbocycles. The summed E-state index contributed by atoms with van der Waals surface area (Å²) in [5, 5.41) is 4.13. The van der Waals surface area contributed by atoms with Crippen LogP contribution >= 0.6 is 11.3 Å². The zero-order valence-electron chi connectivity index (χ0n) is 8.27. The van der Waals surface area contributed by atoms with Gasteiger partial charge >= 0.3 is 0 Å². The molecule has 0 radical (unpaired) electrons. The monoisotopic (exact) mass is 221 g/mol. The zero-order valence-corrected chi connectivity index (χ0v) is 9.08. The standard InChI is InChI=1S/C9H11N5S/c1-6-2-12-8(15-6)4-13-9-7(10)3-11-5-14-9/h2-3,5H,4,10H2,1H3,(H,11,13,14). The molecule has 3 N–H and O–H groups in total. The smallest absolute Gasteiger partial charge is 0.152 e. The molecule has 0 fully saturated rings. The Balaban J connectivity index is 2.02. The fraction of sp³-hybridized carbons (Fsp3) is 0.222. The minimum atomic E-state index is 0.547. The summed E-state index contributed by atoms with van der Waals surface area (Å²) in [5.41, 5.74) is 6.23. The lowest BCUT2D eigenvalue weighted by Gasteiger charge is -2.04. The van der Waals surface area contributed by atoms with Gasteiger partial charge in [-0.1, -0.05) is 0 Å². The molecule has 0 aliphatic carbocycles. The highest BCUT2D eigenvalue weighted by molar-refractivity contribution is 7.11. The van der Waals surface area contributed by atoms with E-state index in [2.05, 4.69) is 20.3 Å². The fourth-order valence-electron chi connectivity index (χ4n) is 1.13. The van der Waals surface area contributed by atoms with Gasteiger partial charge in [0.1, 0.15) is 11.3 Å². The number of nitrogens with zero attached hydrogens (tertiary/aromatic N) is 3. The molecule has 15 heavy (non-hydrogen) atoms. The van der Waals surface area contributed by atoms with Crippen molar-refractivity contribution >= 4 is 22.8 Å². The van der Waals surface area contributed by atoms with Gasteiger partial charge in [0, 0.05) is 11.1 Å². The van der Waals surface area contributed by atoms with Gasteiger partial charge < -0.3 is 11.1 Å². The maximum absolute atomic E-state index is 5.69. The predicted octanol–water partition coefficient (Wildman–Crippen LogP) is 1.44. The molecule has 0 aliphatic rings. The van der Waals surface area contributed by atoms with E-state index in [0.29, 0.717) is 18.1 Å². The van der Waals surface area contributed by atoms with Crippen molar-refractivity contribution in [3.05, 3.63) is 28.6 Å². The average Bonchev–Trinajstić information content (AvgIpc) is 2.63. The molecule has 78 valence electrons. The average molecular weight is 221 g/mol. The first-order valence-electron chi connectivity index (χ1n) is 4.46. The first-order valence-corrected chi connectivity index (χ1v) is 5.28. The van der Waals surface area contributed by atoms with E-state index >= 15 is 0 Å². The maximum Gasteiger partial charge on any atom is 0.152 e. The lowest BCUT2D eigenvalue weighted by atomic mass is 10.5. The minimum absolute atomic E-state index is 0.547. The van der Waals surface area contributed by atoms with Crippen LogP contribution < -0.4 is 11.1 Å². The number of hydrogen-bond acceptors (Lipinski definition) is 6.